The third-order valence-corrected chi connectivity index (χ3v) is 2.15. The van der Waals surface area contributed by atoms with Gasteiger partial charge in [0.25, 0.3) is 0 Å². The zero-order chi connectivity index (χ0) is 11.0. The topological polar surface area (TPSA) is 49.3 Å². The van der Waals surface area contributed by atoms with E-state index in [0.717, 1.165) is 12.8 Å². The Bertz CT molecular complexity index is 157. The lowest BCUT2D eigenvalue weighted by Gasteiger charge is -2.14. The van der Waals surface area contributed by atoms with Gasteiger partial charge in [-0.3, -0.25) is 4.79 Å². The lowest BCUT2D eigenvalue weighted by molar-refractivity contribution is -0.122. The molecule has 0 spiro atoms. The van der Waals surface area contributed by atoms with E-state index in [9.17, 15) is 4.79 Å². The van der Waals surface area contributed by atoms with Gasteiger partial charge in [-0.15, -0.1) is 0 Å². The Morgan fingerprint density at radius 1 is 1.29 bits per heavy atom. The molecule has 1 amide bonds. The lowest BCUT2D eigenvalue weighted by Crippen LogP contribution is -2.32. The van der Waals surface area contributed by atoms with Gasteiger partial charge in [-0.2, -0.15) is 0 Å². The van der Waals surface area contributed by atoms with Gasteiger partial charge >= 0.3 is 0 Å². The fourth-order valence-electron chi connectivity index (χ4n) is 1.24. The zero-order valence-electron chi connectivity index (χ0n) is 9.55. The molecule has 0 heterocycles. The molecule has 1 atom stereocenters. The Morgan fingerprint density at radius 3 is 2.43 bits per heavy atom. The summed E-state index contributed by atoms with van der Waals surface area (Å²) in [6, 6.07) is 0.253. The first-order valence-corrected chi connectivity index (χ1v) is 5.46. The van der Waals surface area contributed by atoms with Crippen LogP contribution in [-0.4, -0.2) is 23.7 Å². The quantitative estimate of drug-likeness (QED) is 0.658. The lowest BCUT2D eigenvalue weighted by atomic mass is 10.0. The Balaban J connectivity index is 3.50. The molecule has 0 saturated carbocycles. The van der Waals surface area contributed by atoms with Gasteiger partial charge in [0.1, 0.15) is 0 Å². The predicted molar refractivity (Wildman–Crippen MR) is 58.0 cm³/mol. The molecular formula is C11H23NO2. The van der Waals surface area contributed by atoms with E-state index in [2.05, 4.69) is 19.2 Å². The molecule has 2 N–H and O–H groups in total. The molecule has 0 radical (unpaired) electrons. The van der Waals surface area contributed by atoms with Crippen molar-refractivity contribution in [1.82, 2.24) is 5.32 Å². The van der Waals surface area contributed by atoms with Crippen LogP contribution in [0.2, 0.25) is 0 Å². The summed E-state index contributed by atoms with van der Waals surface area (Å²) in [5.41, 5.74) is 0. The van der Waals surface area contributed by atoms with Gasteiger partial charge in [0, 0.05) is 19.1 Å². The van der Waals surface area contributed by atoms with Gasteiger partial charge in [-0.25, -0.2) is 0 Å². The van der Waals surface area contributed by atoms with Crippen molar-refractivity contribution in [2.45, 2.75) is 52.5 Å². The maximum Gasteiger partial charge on any atom is 0.220 e. The van der Waals surface area contributed by atoms with E-state index in [1.165, 1.54) is 0 Å². The van der Waals surface area contributed by atoms with Crippen LogP contribution in [-0.2, 0) is 4.79 Å². The van der Waals surface area contributed by atoms with Crippen LogP contribution in [0.15, 0.2) is 0 Å². The minimum absolute atomic E-state index is 0.0512. The first-order chi connectivity index (χ1) is 6.56. The summed E-state index contributed by atoms with van der Waals surface area (Å²) in [5.74, 6) is 0.738. The second kappa shape index (κ2) is 7.80. The van der Waals surface area contributed by atoms with Crippen molar-refractivity contribution in [2.24, 2.45) is 5.92 Å². The molecule has 0 aliphatic heterocycles. The van der Waals surface area contributed by atoms with Gasteiger partial charge in [-0.05, 0) is 32.1 Å². The number of nitrogens with one attached hydrogen (secondary N) is 1. The van der Waals surface area contributed by atoms with E-state index in [-0.39, 0.29) is 18.6 Å². The highest BCUT2D eigenvalue weighted by Gasteiger charge is 2.07. The van der Waals surface area contributed by atoms with Crippen LogP contribution >= 0.6 is 0 Å². The number of rotatable bonds is 7. The van der Waals surface area contributed by atoms with Crippen LogP contribution < -0.4 is 5.32 Å². The van der Waals surface area contributed by atoms with Crippen LogP contribution in [0.25, 0.3) is 0 Å². The molecule has 0 bridgehead atoms. The van der Waals surface area contributed by atoms with Crippen LogP contribution in [0.3, 0.4) is 0 Å². The van der Waals surface area contributed by atoms with Gasteiger partial charge < -0.3 is 10.4 Å². The molecule has 0 aliphatic carbocycles. The molecule has 14 heavy (non-hydrogen) atoms. The van der Waals surface area contributed by atoms with Gasteiger partial charge in [0.2, 0.25) is 5.91 Å². The minimum Gasteiger partial charge on any atom is -0.396 e. The molecule has 3 heteroatoms. The smallest absolute Gasteiger partial charge is 0.220 e. The third kappa shape index (κ3) is 8.05. The van der Waals surface area contributed by atoms with Crippen LogP contribution in [0.1, 0.15) is 46.5 Å². The number of aliphatic hydroxyl groups is 1. The number of hydrogen-bond donors (Lipinski definition) is 2. The maximum absolute atomic E-state index is 11.2. The van der Waals surface area contributed by atoms with E-state index in [1.54, 1.807) is 0 Å². The first kappa shape index (κ1) is 13.4. The molecule has 3 nitrogen and oxygen atoms in total. The van der Waals surface area contributed by atoms with Crippen molar-refractivity contribution < 1.29 is 9.90 Å². The molecule has 84 valence electrons. The molecule has 0 saturated heterocycles. The third-order valence-electron chi connectivity index (χ3n) is 2.15. The summed E-state index contributed by atoms with van der Waals surface area (Å²) in [6.07, 6.45) is 3.16. The highest BCUT2D eigenvalue weighted by molar-refractivity contribution is 5.76. The van der Waals surface area contributed by atoms with Crippen LogP contribution in [0, 0.1) is 5.92 Å². The first-order valence-electron chi connectivity index (χ1n) is 5.46. The van der Waals surface area contributed by atoms with Crippen molar-refractivity contribution in [3.05, 3.63) is 0 Å². The normalized spacial score (nSPS) is 12.9. The number of carbonyl (C=O) groups excluding carboxylic acids is 1. The Kier molecular flexibility index (Phi) is 7.48. The number of carbonyl (C=O) groups is 1. The second-order valence-electron chi connectivity index (χ2n) is 4.27. The van der Waals surface area contributed by atoms with E-state index >= 15 is 0 Å². The van der Waals surface area contributed by atoms with Gasteiger partial charge in [0.05, 0.1) is 0 Å². The summed E-state index contributed by atoms with van der Waals surface area (Å²) in [4.78, 5) is 11.2. The van der Waals surface area contributed by atoms with E-state index in [4.69, 9.17) is 5.11 Å². The summed E-state index contributed by atoms with van der Waals surface area (Å²) < 4.78 is 0. The monoisotopic (exact) mass is 201 g/mol. The summed E-state index contributed by atoms with van der Waals surface area (Å²) in [7, 11) is 0. The number of hydrogen-bond acceptors (Lipinski definition) is 2. The highest BCUT2D eigenvalue weighted by Crippen LogP contribution is 2.06. The highest BCUT2D eigenvalue weighted by atomic mass is 16.3. The fourth-order valence-corrected chi connectivity index (χ4v) is 1.24. The standard InChI is InChI=1S/C11H23NO2/c1-9(2)6-7-10(3)12-11(14)5-4-8-13/h9-10,13H,4-8H2,1-3H3,(H,12,14). The number of aliphatic hydroxyl groups excluding tert-OH is 1. The molecule has 0 aromatic heterocycles. The van der Waals surface area contributed by atoms with Crippen molar-refractivity contribution in [3.63, 3.8) is 0 Å². The maximum atomic E-state index is 11.2. The van der Waals surface area contributed by atoms with E-state index in [0.29, 0.717) is 18.8 Å². The minimum atomic E-state index is 0.0512. The SMILES string of the molecule is CC(C)CCC(C)NC(=O)CCCO. The molecule has 0 aliphatic rings. The summed E-state index contributed by atoms with van der Waals surface area (Å²) in [6.45, 7) is 6.48. The fraction of sp³-hybridized carbons (Fsp3) is 0.909. The Labute approximate surface area is 86.9 Å². The largest absolute Gasteiger partial charge is 0.396 e. The van der Waals surface area contributed by atoms with E-state index in [1.807, 2.05) is 6.92 Å². The molecule has 1 unspecified atom stereocenters. The van der Waals surface area contributed by atoms with E-state index < -0.39 is 0 Å². The average molecular weight is 201 g/mol. The number of amides is 1. The van der Waals surface area contributed by atoms with Crippen LogP contribution in [0.5, 0.6) is 0 Å². The Hall–Kier alpha value is -0.570. The Morgan fingerprint density at radius 2 is 1.93 bits per heavy atom. The summed E-state index contributed by atoms with van der Waals surface area (Å²) in [5, 5.41) is 11.5. The second-order valence-corrected chi connectivity index (χ2v) is 4.27. The van der Waals surface area contributed by atoms with Crippen molar-refractivity contribution in [1.29, 1.82) is 0 Å². The molecular weight excluding hydrogens is 178 g/mol. The zero-order valence-corrected chi connectivity index (χ0v) is 9.55. The molecule has 0 aromatic rings. The van der Waals surface area contributed by atoms with Crippen molar-refractivity contribution in [3.8, 4) is 0 Å². The van der Waals surface area contributed by atoms with Crippen molar-refractivity contribution >= 4 is 5.91 Å². The molecule has 0 aromatic carbocycles. The van der Waals surface area contributed by atoms with Crippen molar-refractivity contribution in [2.75, 3.05) is 6.61 Å². The predicted octanol–water partition coefficient (Wildman–Crippen LogP) is 1.70. The van der Waals surface area contributed by atoms with Gasteiger partial charge in [0.15, 0.2) is 0 Å². The molecule has 0 fully saturated rings. The average Bonchev–Trinajstić information content (AvgIpc) is 2.11. The van der Waals surface area contributed by atoms with Crippen LogP contribution in [0.4, 0.5) is 0 Å². The summed E-state index contributed by atoms with van der Waals surface area (Å²) >= 11 is 0. The van der Waals surface area contributed by atoms with Gasteiger partial charge in [-0.1, -0.05) is 13.8 Å². The molecule has 0 rings (SSSR count).